The molecule has 0 fully saturated rings. The fraction of sp³-hybridized carbons (Fsp3) is 0.407. The first-order valence-corrected chi connectivity index (χ1v) is 12.2. The maximum Gasteiger partial charge on any atom is 0.408 e. The van der Waals surface area contributed by atoms with Gasteiger partial charge < -0.3 is 26.0 Å². The first-order valence-electron chi connectivity index (χ1n) is 11.8. The van der Waals surface area contributed by atoms with Gasteiger partial charge in [0, 0.05) is 7.05 Å². The van der Waals surface area contributed by atoms with Gasteiger partial charge in [-0.05, 0) is 58.7 Å². The van der Waals surface area contributed by atoms with Gasteiger partial charge in [0.25, 0.3) is 5.91 Å². The number of alkyl carbamates (subject to hydrolysis) is 1. The van der Waals surface area contributed by atoms with Crippen LogP contribution in [-0.4, -0.2) is 47.4 Å². The summed E-state index contributed by atoms with van der Waals surface area (Å²) < 4.78 is 5.24. The molecule has 0 bridgehead atoms. The van der Waals surface area contributed by atoms with Crippen molar-refractivity contribution in [2.75, 3.05) is 12.4 Å². The van der Waals surface area contributed by atoms with Crippen LogP contribution in [0.15, 0.2) is 36.4 Å². The lowest BCUT2D eigenvalue weighted by atomic mass is 9.98. The summed E-state index contributed by atoms with van der Waals surface area (Å²) in [6, 6.07) is 8.29. The number of likely N-dealkylation sites (N-methyl/N-ethyl adjacent to an activating group) is 1. The van der Waals surface area contributed by atoms with Gasteiger partial charge in [-0.2, -0.15) is 0 Å². The highest BCUT2D eigenvalue weighted by Gasteiger charge is 2.35. The average molecular weight is 531 g/mol. The Morgan fingerprint density at radius 1 is 1.05 bits per heavy atom. The fourth-order valence-electron chi connectivity index (χ4n) is 3.92. The van der Waals surface area contributed by atoms with Crippen LogP contribution in [0, 0.1) is 20.8 Å². The Morgan fingerprint density at radius 2 is 1.65 bits per heavy atom. The molecule has 0 aliphatic heterocycles. The molecular weight excluding hydrogens is 496 g/mol. The van der Waals surface area contributed by atoms with Gasteiger partial charge in [-0.1, -0.05) is 53.1 Å². The summed E-state index contributed by atoms with van der Waals surface area (Å²) in [6.45, 7) is 10.6. The molecule has 2 atom stereocenters. The minimum Gasteiger partial charge on any atom is -0.444 e. The molecule has 0 spiro atoms. The van der Waals surface area contributed by atoms with E-state index in [1.807, 2.05) is 19.9 Å². The van der Waals surface area contributed by atoms with E-state index in [1.165, 1.54) is 11.9 Å². The normalized spacial score (nSPS) is 12.8. The second-order valence-electron chi connectivity index (χ2n) is 10.1. The Hall–Kier alpha value is -3.59. The predicted molar refractivity (Wildman–Crippen MR) is 143 cm³/mol. The SMILES string of the molecule is Cc1cc(C)cc(C(C(=O)Nc2c(C)cccc2Cl)N(C)C(=O)C(CC(N)=O)NC(=O)OC(C)(C)C)c1. The number of nitrogens with zero attached hydrogens (tertiary/aromatic N) is 1. The second kappa shape index (κ2) is 12.1. The number of halogens is 1. The molecular formula is C27H35ClN4O5. The van der Waals surface area contributed by atoms with E-state index in [4.69, 9.17) is 22.1 Å². The van der Waals surface area contributed by atoms with Crippen molar-refractivity contribution in [1.82, 2.24) is 10.2 Å². The summed E-state index contributed by atoms with van der Waals surface area (Å²) in [7, 11) is 1.43. The fourth-order valence-corrected chi connectivity index (χ4v) is 4.19. The number of hydrogen-bond acceptors (Lipinski definition) is 5. The lowest BCUT2D eigenvalue weighted by molar-refractivity contribution is -0.140. The molecule has 10 heteroatoms. The molecule has 4 amide bonds. The van der Waals surface area contributed by atoms with Crippen molar-refractivity contribution in [3.63, 3.8) is 0 Å². The van der Waals surface area contributed by atoms with E-state index in [-0.39, 0.29) is 0 Å². The Morgan fingerprint density at radius 3 is 2.16 bits per heavy atom. The summed E-state index contributed by atoms with van der Waals surface area (Å²) in [5.74, 6) is -2.02. The highest BCUT2D eigenvalue weighted by molar-refractivity contribution is 6.34. The minimum atomic E-state index is -1.35. The largest absolute Gasteiger partial charge is 0.444 e. The molecule has 200 valence electrons. The van der Waals surface area contributed by atoms with E-state index < -0.39 is 47.9 Å². The Balaban J connectivity index is 2.48. The number of primary amides is 1. The third-order valence-electron chi connectivity index (χ3n) is 5.41. The molecule has 0 aliphatic carbocycles. The predicted octanol–water partition coefficient (Wildman–Crippen LogP) is 4.17. The van der Waals surface area contributed by atoms with E-state index in [9.17, 15) is 19.2 Å². The number of nitrogens with two attached hydrogens (primary N) is 1. The summed E-state index contributed by atoms with van der Waals surface area (Å²) >= 11 is 6.33. The molecule has 37 heavy (non-hydrogen) atoms. The smallest absolute Gasteiger partial charge is 0.408 e. The van der Waals surface area contributed by atoms with E-state index in [2.05, 4.69) is 10.6 Å². The van der Waals surface area contributed by atoms with Crippen molar-refractivity contribution in [3.8, 4) is 0 Å². The van der Waals surface area contributed by atoms with Crippen LogP contribution in [-0.2, 0) is 19.1 Å². The highest BCUT2D eigenvalue weighted by atomic mass is 35.5. The van der Waals surface area contributed by atoms with Gasteiger partial charge in [-0.3, -0.25) is 14.4 Å². The van der Waals surface area contributed by atoms with Gasteiger partial charge in [0.1, 0.15) is 17.7 Å². The summed E-state index contributed by atoms with van der Waals surface area (Å²) in [5.41, 5.74) is 8.03. The summed E-state index contributed by atoms with van der Waals surface area (Å²) in [4.78, 5) is 52.6. The number of para-hydroxylation sites is 1. The van der Waals surface area contributed by atoms with E-state index in [0.29, 0.717) is 16.3 Å². The molecule has 0 saturated heterocycles. The van der Waals surface area contributed by atoms with Gasteiger partial charge in [0.15, 0.2) is 0 Å². The Labute approximate surface area is 222 Å². The van der Waals surface area contributed by atoms with Crippen molar-refractivity contribution in [2.24, 2.45) is 5.73 Å². The van der Waals surface area contributed by atoms with Gasteiger partial charge >= 0.3 is 6.09 Å². The maximum atomic E-state index is 13.7. The van der Waals surface area contributed by atoms with Gasteiger partial charge in [-0.15, -0.1) is 0 Å². The number of ether oxygens (including phenoxy) is 1. The van der Waals surface area contributed by atoms with Crippen molar-refractivity contribution in [1.29, 1.82) is 0 Å². The quantitative estimate of drug-likeness (QED) is 0.471. The third kappa shape index (κ3) is 8.49. The first kappa shape index (κ1) is 29.6. The molecule has 0 saturated carbocycles. The zero-order chi connectivity index (χ0) is 28.1. The van der Waals surface area contributed by atoms with Crippen LogP contribution >= 0.6 is 11.6 Å². The van der Waals surface area contributed by atoms with Crippen LogP contribution in [0.2, 0.25) is 5.02 Å². The highest BCUT2D eigenvalue weighted by Crippen LogP contribution is 2.29. The molecule has 2 rings (SSSR count). The second-order valence-corrected chi connectivity index (χ2v) is 10.5. The zero-order valence-electron chi connectivity index (χ0n) is 22.3. The average Bonchev–Trinajstić information content (AvgIpc) is 2.73. The lowest BCUT2D eigenvalue weighted by Gasteiger charge is -2.32. The number of carbonyl (C=O) groups excluding carboxylic acids is 4. The number of aryl methyl sites for hydroxylation is 3. The van der Waals surface area contributed by atoms with Crippen LogP contribution in [0.3, 0.4) is 0 Å². The van der Waals surface area contributed by atoms with E-state index >= 15 is 0 Å². The van der Waals surface area contributed by atoms with Gasteiger partial charge in [0.05, 0.1) is 17.1 Å². The number of carbonyl (C=O) groups is 4. The number of hydrogen-bond donors (Lipinski definition) is 3. The summed E-state index contributed by atoms with van der Waals surface area (Å²) in [6.07, 6.45) is -1.37. The third-order valence-corrected chi connectivity index (χ3v) is 5.72. The molecule has 9 nitrogen and oxygen atoms in total. The molecule has 2 aromatic carbocycles. The molecule has 4 N–H and O–H groups in total. The van der Waals surface area contributed by atoms with Crippen LogP contribution in [0.5, 0.6) is 0 Å². The molecule has 2 aromatic rings. The zero-order valence-corrected chi connectivity index (χ0v) is 23.0. The Bertz CT molecular complexity index is 1150. The number of anilines is 1. The van der Waals surface area contributed by atoms with Crippen molar-refractivity contribution in [3.05, 3.63) is 63.7 Å². The van der Waals surface area contributed by atoms with Gasteiger partial charge in [-0.25, -0.2) is 4.79 Å². The first-order chi connectivity index (χ1) is 17.1. The molecule has 0 aliphatic rings. The molecule has 0 aromatic heterocycles. The van der Waals surface area contributed by atoms with E-state index in [0.717, 1.165) is 16.7 Å². The summed E-state index contributed by atoms with van der Waals surface area (Å²) in [5, 5.41) is 5.60. The Kier molecular flexibility index (Phi) is 9.69. The van der Waals surface area contributed by atoms with Crippen LogP contribution in [0.4, 0.5) is 10.5 Å². The molecule has 0 heterocycles. The maximum absolute atomic E-state index is 13.7. The number of nitrogens with one attached hydrogen (secondary N) is 2. The number of amides is 4. The molecule has 2 unspecified atom stereocenters. The van der Waals surface area contributed by atoms with Crippen molar-refractivity contribution >= 4 is 41.1 Å². The number of benzene rings is 2. The monoisotopic (exact) mass is 530 g/mol. The van der Waals surface area contributed by atoms with Crippen molar-refractivity contribution in [2.45, 2.75) is 65.6 Å². The topological polar surface area (TPSA) is 131 Å². The lowest BCUT2D eigenvalue weighted by Crippen LogP contribution is -2.52. The number of rotatable bonds is 8. The van der Waals surface area contributed by atoms with Crippen LogP contribution in [0.1, 0.15) is 55.5 Å². The van der Waals surface area contributed by atoms with Crippen molar-refractivity contribution < 1.29 is 23.9 Å². The molecule has 0 radical (unpaired) electrons. The van der Waals surface area contributed by atoms with E-state index in [1.54, 1.807) is 58.0 Å². The minimum absolute atomic E-state index is 0.347. The standard InChI is InChI=1S/C27H35ClN4O5/c1-15-11-16(2)13-18(12-15)23(24(34)31-22-17(3)9-8-10-19(22)28)32(7)25(35)20(14-21(29)33)30-26(36)37-27(4,5)6/h8-13,20,23H,14H2,1-7H3,(H2,29,33)(H,30,36)(H,31,34). The van der Waals surface area contributed by atoms with Crippen LogP contribution in [0.25, 0.3) is 0 Å². The van der Waals surface area contributed by atoms with Crippen LogP contribution < -0.4 is 16.4 Å². The van der Waals surface area contributed by atoms with Gasteiger partial charge in [0.2, 0.25) is 11.8 Å².